The average molecular weight is 178 g/mol. The summed E-state index contributed by atoms with van der Waals surface area (Å²) in [4.78, 5) is 0. The van der Waals surface area contributed by atoms with Gasteiger partial charge in [-0.15, -0.1) is 0 Å². The predicted octanol–water partition coefficient (Wildman–Crippen LogP) is 3.21. The minimum Gasteiger partial charge on any atom is -0.151 e. The van der Waals surface area contributed by atoms with Crippen LogP contribution in [0.15, 0.2) is 24.3 Å². The molecule has 0 saturated carbocycles. The summed E-state index contributed by atoms with van der Waals surface area (Å²) in [6.07, 6.45) is 1.24. The van der Waals surface area contributed by atoms with Gasteiger partial charge in [-0.25, -0.2) is 0 Å². The van der Waals surface area contributed by atoms with Crippen LogP contribution in [-0.2, 0) is 11.2 Å². The molecule has 0 fully saturated rings. The van der Waals surface area contributed by atoms with E-state index in [1.807, 2.05) is 0 Å². The number of benzene rings is 1. The van der Waals surface area contributed by atoms with Crippen LogP contribution < -0.4 is 0 Å². The fourth-order valence-corrected chi connectivity index (χ4v) is 3.01. The summed E-state index contributed by atoms with van der Waals surface area (Å²) in [5.74, 6) is 1.27. The molecule has 0 nitrogen and oxygen atoms in total. The summed E-state index contributed by atoms with van der Waals surface area (Å²) in [6.45, 7) is 4.63. The largest absolute Gasteiger partial charge is 0.151 e. The summed E-state index contributed by atoms with van der Waals surface area (Å²) >= 11 is 2.06. The number of aryl methyl sites for hydroxylation is 1. The molecule has 0 spiro atoms. The van der Waals surface area contributed by atoms with Crippen LogP contribution in [-0.4, -0.2) is 5.75 Å². The van der Waals surface area contributed by atoms with Gasteiger partial charge < -0.3 is 0 Å². The first-order valence-corrected chi connectivity index (χ1v) is 5.41. The Kier molecular flexibility index (Phi) is 1.91. The Labute approximate surface area is 78.4 Å². The Morgan fingerprint density at radius 2 is 2.00 bits per heavy atom. The van der Waals surface area contributed by atoms with Crippen LogP contribution >= 0.6 is 11.8 Å². The highest BCUT2D eigenvalue weighted by Gasteiger charge is 2.26. The molecule has 1 heteroatoms. The number of hydrogen-bond donors (Lipinski definition) is 0. The maximum Gasteiger partial charge on any atom is 0.0355 e. The molecule has 0 saturated heterocycles. The van der Waals surface area contributed by atoms with Gasteiger partial charge in [0.2, 0.25) is 0 Å². The van der Waals surface area contributed by atoms with Gasteiger partial charge >= 0.3 is 0 Å². The molecule has 0 unspecified atom stereocenters. The minimum atomic E-state index is 0.328. The fourth-order valence-electron chi connectivity index (χ4n) is 1.82. The molecule has 0 N–H and O–H groups in total. The molecule has 0 atom stereocenters. The SMILES string of the molecule is CC1(C)SCCc2ccccc21. The number of rotatable bonds is 0. The summed E-state index contributed by atoms with van der Waals surface area (Å²) in [7, 11) is 0. The Morgan fingerprint density at radius 1 is 1.25 bits per heavy atom. The highest BCUT2D eigenvalue weighted by Crippen LogP contribution is 2.41. The molecule has 0 aromatic heterocycles. The van der Waals surface area contributed by atoms with Gasteiger partial charge in [0, 0.05) is 4.75 Å². The lowest BCUT2D eigenvalue weighted by Crippen LogP contribution is -2.20. The van der Waals surface area contributed by atoms with Crippen LogP contribution in [0.5, 0.6) is 0 Å². The van der Waals surface area contributed by atoms with Crippen molar-refractivity contribution in [1.29, 1.82) is 0 Å². The molecular weight excluding hydrogens is 164 g/mol. The monoisotopic (exact) mass is 178 g/mol. The van der Waals surface area contributed by atoms with Crippen molar-refractivity contribution < 1.29 is 0 Å². The summed E-state index contributed by atoms with van der Waals surface area (Å²) in [6, 6.07) is 8.82. The van der Waals surface area contributed by atoms with E-state index in [1.54, 1.807) is 5.56 Å². The summed E-state index contributed by atoms with van der Waals surface area (Å²) in [5.41, 5.74) is 3.07. The Morgan fingerprint density at radius 3 is 2.75 bits per heavy atom. The van der Waals surface area contributed by atoms with E-state index in [9.17, 15) is 0 Å². The lowest BCUT2D eigenvalue weighted by atomic mass is 9.94. The van der Waals surface area contributed by atoms with Gasteiger partial charge in [-0.1, -0.05) is 24.3 Å². The first-order valence-electron chi connectivity index (χ1n) is 4.42. The molecule has 1 aliphatic heterocycles. The van der Waals surface area contributed by atoms with Crippen LogP contribution in [0.2, 0.25) is 0 Å². The number of hydrogen-bond acceptors (Lipinski definition) is 1. The second-order valence-electron chi connectivity index (χ2n) is 3.77. The van der Waals surface area contributed by atoms with E-state index in [0.29, 0.717) is 4.75 Å². The third kappa shape index (κ3) is 1.27. The van der Waals surface area contributed by atoms with Crippen molar-refractivity contribution in [2.24, 2.45) is 0 Å². The van der Waals surface area contributed by atoms with E-state index in [0.717, 1.165) is 0 Å². The quantitative estimate of drug-likeness (QED) is 0.588. The molecular formula is C11H14S. The van der Waals surface area contributed by atoms with Crippen molar-refractivity contribution >= 4 is 11.8 Å². The van der Waals surface area contributed by atoms with Crippen molar-refractivity contribution in [2.45, 2.75) is 25.0 Å². The van der Waals surface area contributed by atoms with E-state index in [1.165, 1.54) is 17.7 Å². The zero-order valence-electron chi connectivity index (χ0n) is 7.63. The van der Waals surface area contributed by atoms with Crippen molar-refractivity contribution in [3.63, 3.8) is 0 Å². The number of thioether (sulfide) groups is 1. The average Bonchev–Trinajstić information content (AvgIpc) is 2.04. The highest BCUT2D eigenvalue weighted by atomic mass is 32.2. The van der Waals surface area contributed by atoms with Crippen LogP contribution in [0.1, 0.15) is 25.0 Å². The second-order valence-corrected chi connectivity index (χ2v) is 5.48. The van der Waals surface area contributed by atoms with Crippen LogP contribution in [0.4, 0.5) is 0 Å². The molecule has 0 radical (unpaired) electrons. The fraction of sp³-hybridized carbons (Fsp3) is 0.455. The topological polar surface area (TPSA) is 0 Å². The lowest BCUT2D eigenvalue weighted by Gasteiger charge is -2.31. The molecule has 2 rings (SSSR count). The van der Waals surface area contributed by atoms with Crippen molar-refractivity contribution in [2.75, 3.05) is 5.75 Å². The van der Waals surface area contributed by atoms with E-state index in [2.05, 4.69) is 49.9 Å². The molecule has 1 aliphatic rings. The summed E-state index contributed by atoms with van der Waals surface area (Å²) < 4.78 is 0.328. The van der Waals surface area contributed by atoms with E-state index in [-0.39, 0.29) is 0 Å². The zero-order chi connectivity index (χ0) is 8.60. The molecule has 64 valence electrons. The van der Waals surface area contributed by atoms with E-state index >= 15 is 0 Å². The maximum atomic E-state index is 2.32. The van der Waals surface area contributed by atoms with Gasteiger partial charge in [0.1, 0.15) is 0 Å². The van der Waals surface area contributed by atoms with Gasteiger partial charge in [-0.3, -0.25) is 0 Å². The molecule has 0 amide bonds. The van der Waals surface area contributed by atoms with Crippen LogP contribution in [0.25, 0.3) is 0 Å². The summed E-state index contributed by atoms with van der Waals surface area (Å²) in [5, 5.41) is 0. The lowest BCUT2D eigenvalue weighted by molar-refractivity contribution is 0.751. The maximum absolute atomic E-state index is 2.32. The second kappa shape index (κ2) is 2.81. The van der Waals surface area contributed by atoms with E-state index < -0.39 is 0 Å². The normalized spacial score (nSPS) is 20.2. The molecule has 0 aliphatic carbocycles. The third-order valence-corrected chi connectivity index (χ3v) is 3.85. The first kappa shape index (κ1) is 8.18. The van der Waals surface area contributed by atoms with Gasteiger partial charge in [0.15, 0.2) is 0 Å². The van der Waals surface area contributed by atoms with Crippen LogP contribution in [0, 0.1) is 0 Å². The molecule has 1 aromatic rings. The molecule has 12 heavy (non-hydrogen) atoms. The minimum absolute atomic E-state index is 0.328. The third-order valence-electron chi connectivity index (χ3n) is 2.50. The van der Waals surface area contributed by atoms with Gasteiger partial charge in [-0.2, -0.15) is 11.8 Å². The zero-order valence-corrected chi connectivity index (χ0v) is 8.45. The van der Waals surface area contributed by atoms with Crippen molar-refractivity contribution in [1.82, 2.24) is 0 Å². The Balaban J connectivity index is 2.52. The van der Waals surface area contributed by atoms with Gasteiger partial charge in [0.25, 0.3) is 0 Å². The molecule has 1 heterocycles. The molecule has 0 bridgehead atoms. The van der Waals surface area contributed by atoms with Gasteiger partial charge in [-0.05, 0) is 37.1 Å². The Bertz CT molecular complexity index is 289. The molecule has 1 aromatic carbocycles. The predicted molar refractivity (Wildman–Crippen MR) is 55.6 cm³/mol. The van der Waals surface area contributed by atoms with Crippen molar-refractivity contribution in [3.8, 4) is 0 Å². The Hall–Kier alpha value is -0.430. The first-order chi connectivity index (χ1) is 5.70. The smallest absolute Gasteiger partial charge is 0.0355 e. The van der Waals surface area contributed by atoms with E-state index in [4.69, 9.17) is 0 Å². The highest BCUT2D eigenvalue weighted by molar-refractivity contribution is 8.00. The number of fused-ring (bicyclic) bond motifs is 1. The standard InChI is InChI=1S/C11H14S/c1-11(2)10-6-4-3-5-9(10)7-8-12-11/h3-6H,7-8H2,1-2H3. The van der Waals surface area contributed by atoms with Crippen molar-refractivity contribution in [3.05, 3.63) is 35.4 Å². The van der Waals surface area contributed by atoms with Crippen LogP contribution in [0.3, 0.4) is 0 Å². The van der Waals surface area contributed by atoms with Gasteiger partial charge in [0.05, 0.1) is 0 Å².